The number of thioether (sulfide) groups is 1. The second-order valence-corrected chi connectivity index (χ2v) is 7.04. The van der Waals surface area contributed by atoms with Gasteiger partial charge in [0.25, 0.3) is 0 Å². The third-order valence-electron chi connectivity index (χ3n) is 4.19. The van der Waals surface area contributed by atoms with Crippen molar-refractivity contribution in [2.45, 2.75) is 38.5 Å². The van der Waals surface area contributed by atoms with E-state index in [-0.39, 0.29) is 5.91 Å². The van der Waals surface area contributed by atoms with E-state index in [1.165, 1.54) is 24.3 Å². The summed E-state index contributed by atoms with van der Waals surface area (Å²) in [7, 11) is 0. The number of carbonyl (C=O) groups is 1. The van der Waals surface area contributed by atoms with Crippen LogP contribution in [0.3, 0.4) is 0 Å². The Morgan fingerprint density at radius 2 is 2.11 bits per heavy atom. The van der Waals surface area contributed by atoms with E-state index in [1.807, 2.05) is 11.8 Å². The minimum absolute atomic E-state index is 0.0756. The molecule has 1 unspecified atom stereocenters. The van der Waals surface area contributed by atoms with Gasteiger partial charge in [-0.25, -0.2) is 0 Å². The summed E-state index contributed by atoms with van der Waals surface area (Å²) in [6.07, 6.45) is 6.18. The van der Waals surface area contributed by atoms with Gasteiger partial charge in [-0.15, -0.1) is 0 Å². The zero-order valence-corrected chi connectivity index (χ0v) is 12.4. The van der Waals surface area contributed by atoms with Crippen LogP contribution in [-0.2, 0) is 4.79 Å². The number of hydrogen-bond acceptors (Lipinski definition) is 3. The van der Waals surface area contributed by atoms with Crippen LogP contribution in [0.4, 0.5) is 0 Å². The summed E-state index contributed by atoms with van der Waals surface area (Å²) < 4.78 is 0. The van der Waals surface area contributed by atoms with E-state index in [4.69, 9.17) is 18.0 Å². The fraction of sp³-hybridized carbons (Fsp3) is 0.846. The fourth-order valence-electron chi connectivity index (χ4n) is 2.89. The minimum Gasteiger partial charge on any atom is -0.392 e. The summed E-state index contributed by atoms with van der Waals surface area (Å²) in [5.41, 5.74) is 5.30. The third kappa shape index (κ3) is 2.99. The summed E-state index contributed by atoms with van der Waals surface area (Å²) in [6.45, 7) is 0.788. The molecule has 1 amide bonds. The van der Waals surface area contributed by atoms with Crippen LogP contribution >= 0.6 is 24.0 Å². The molecule has 1 saturated carbocycles. The van der Waals surface area contributed by atoms with Crippen molar-refractivity contribution in [3.8, 4) is 0 Å². The highest BCUT2D eigenvalue weighted by atomic mass is 32.2. The van der Waals surface area contributed by atoms with Crippen LogP contribution in [0.25, 0.3) is 0 Å². The van der Waals surface area contributed by atoms with Gasteiger partial charge < -0.3 is 11.1 Å². The van der Waals surface area contributed by atoms with Crippen molar-refractivity contribution in [1.82, 2.24) is 5.32 Å². The summed E-state index contributed by atoms with van der Waals surface area (Å²) in [6, 6.07) is 0. The molecule has 5 heteroatoms. The van der Waals surface area contributed by atoms with E-state index in [0.717, 1.165) is 32.2 Å². The first-order valence-electron chi connectivity index (χ1n) is 6.81. The maximum Gasteiger partial charge on any atom is 0.233 e. The highest BCUT2D eigenvalue weighted by Gasteiger charge is 2.42. The van der Waals surface area contributed by atoms with Crippen molar-refractivity contribution < 1.29 is 4.79 Å². The zero-order valence-electron chi connectivity index (χ0n) is 10.7. The van der Waals surface area contributed by atoms with Crippen molar-refractivity contribution in [3.63, 3.8) is 0 Å². The Morgan fingerprint density at radius 3 is 2.67 bits per heavy atom. The molecule has 1 aliphatic carbocycles. The fourth-order valence-corrected chi connectivity index (χ4v) is 4.47. The summed E-state index contributed by atoms with van der Waals surface area (Å²) in [4.78, 5) is 12.8. The molecule has 1 aliphatic heterocycles. The molecular formula is C13H22N2OS2. The van der Waals surface area contributed by atoms with Crippen molar-refractivity contribution in [2.75, 3.05) is 18.1 Å². The number of thiocarbonyl (C=S) groups is 1. The lowest BCUT2D eigenvalue weighted by Gasteiger charge is -2.35. The molecule has 1 heterocycles. The Bertz CT molecular complexity index is 321. The SMILES string of the molecule is NC(=S)C1(C(=O)NCC2CCSC2)CCCCC1. The number of rotatable bonds is 4. The van der Waals surface area contributed by atoms with Crippen molar-refractivity contribution in [1.29, 1.82) is 0 Å². The van der Waals surface area contributed by atoms with Crippen LogP contribution in [0.5, 0.6) is 0 Å². The van der Waals surface area contributed by atoms with Crippen LogP contribution in [0.2, 0.25) is 0 Å². The number of amides is 1. The first kappa shape index (κ1) is 14.1. The van der Waals surface area contributed by atoms with Gasteiger partial charge in [-0.3, -0.25) is 4.79 Å². The van der Waals surface area contributed by atoms with Gasteiger partial charge in [0.1, 0.15) is 0 Å². The van der Waals surface area contributed by atoms with Crippen LogP contribution in [-0.4, -0.2) is 28.9 Å². The Morgan fingerprint density at radius 1 is 1.39 bits per heavy atom. The molecule has 2 fully saturated rings. The Hall–Kier alpha value is -0.290. The normalized spacial score (nSPS) is 26.8. The molecule has 2 aliphatic rings. The number of carbonyl (C=O) groups excluding carboxylic acids is 1. The second-order valence-electron chi connectivity index (χ2n) is 5.45. The largest absolute Gasteiger partial charge is 0.392 e. The Kier molecular flexibility index (Phi) is 4.90. The molecule has 102 valence electrons. The summed E-state index contributed by atoms with van der Waals surface area (Å²) in [5, 5.41) is 3.10. The van der Waals surface area contributed by atoms with Crippen LogP contribution in [0, 0.1) is 11.3 Å². The van der Waals surface area contributed by atoms with Gasteiger partial charge in [-0.05, 0) is 36.7 Å². The quantitative estimate of drug-likeness (QED) is 0.777. The average Bonchev–Trinajstić information content (AvgIpc) is 2.89. The molecule has 3 nitrogen and oxygen atoms in total. The average molecular weight is 286 g/mol. The first-order chi connectivity index (χ1) is 8.65. The molecular weight excluding hydrogens is 264 g/mol. The molecule has 0 radical (unpaired) electrons. The Balaban J connectivity index is 1.93. The van der Waals surface area contributed by atoms with Crippen molar-refractivity contribution >= 4 is 34.9 Å². The Labute approximate surface area is 119 Å². The molecule has 0 aromatic rings. The first-order valence-corrected chi connectivity index (χ1v) is 8.37. The standard InChI is InChI=1S/C13H22N2OS2/c14-11(17)13(5-2-1-3-6-13)12(16)15-8-10-4-7-18-9-10/h10H,1-9H2,(H2,14,17)(H,15,16). The molecule has 2 rings (SSSR count). The number of hydrogen-bond donors (Lipinski definition) is 2. The minimum atomic E-state index is -0.556. The van der Waals surface area contributed by atoms with Crippen molar-refractivity contribution in [3.05, 3.63) is 0 Å². The lowest BCUT2D eigenvalue weighted by molar-refractivity contribution is -0.129. The predicted molar refractivity (Wildman–Crippen MR) is 80.7 cm³/mol. The lowest BCUT2D eigenvalue weighted by atomic mass is 9.73. The van der Waals surface area contributed by atoms with Gasteiger partial charge in [0.2, 0.25) is 5.91 Å². The van der Waals surface area contributed by atoms with E-state index < -0.39 is 5.41 Å². The molecule has 1 saturated heterocycles. The maximum atomic E-state index is 12.4. The summed E-state index contributed by atoms with van der Waals surface area (Å²) in [5.74, 6) is 3.10. The third-order valence-corrected chi connectivity index (χ3v) is 5.81. The lowest BCUT2D eigenvalue weighted by Crippen LogP contribution is -2.50. The maximum absolute atomic E-state index is 12.4. The van der Waals surface area contributed by atoms with Gasteiger partial charge in [0.15, 0.2) is 0 Å². The van der Waals surface area contributed by atoms with Gasteiger partial charge in [0.05, 0.1) is 10.4 Å². The van der Waals surface area contributed by atoms with E-state index in [0.29, 0.717) is 10.9 Å². The van der Waals surface area contributed by atoms with Crippen LogP contribution in [0.15, 0.2) is 0 Å². The summed E-state index contributed by atoms with van der Waals surface area (Å²) >= 11 is 7.14. The number of nitrogens with one attached hydrogen (secondary N) is 1. The van der Waals surface area contributed by atoms with E-state index >= 15 is 0 Å². The second kappa shape index (κ2) is 6.24. The van der Waals surface area contributed by atoms with E-state index in [1.54, 1.807) is 0 Å². The van der Waals surface area contributed by atoms with Crippen LogP contribution < -0.4 is 11.1 Å². The molecule has 1 atom stereocenters. The predicted octanol–water partition coefficient (Wildman–Crippen LogP) is 2.09. The van der Waals surface area contributed by atoms with Gasteiger partial charge in [-0.1, -0.05) is 31.5 Å². The molecule has 0 aromatic heterocycles. The highest BCUT2D eigenvalue weighted by molar-refractivity contribution is 7.99. The van der Waals surface area contributed by atoms with E-state index in [2.05, 4.69) is 5.32 Å². The molecule has 0 bridgehead atoms. The van der Waals surface area contributed by atoms with E-state index in [9.17, 15) is 4.79 Å². The molecule has 3 N–H and O–H groups in total. The smallest absolute Gasteiger partial charge is 0.233 e. The molecule has 0 spiro atoms. The topological polar surface area (TPSA) is 55.1 Å². The van der Waals surface area contributed by atoms with Crippen molar-refractivity contribution in [2.24, 2.45) is 17.1 Å². The molecule has 18 heavy (non-hydrogen) atoms. The zero-order chi connectivity index (χ0) is 13.0. The monoisotopic (exact) mass is 286 g/mol. The van der Waals surface area contributed by atoms with Gasteiger partial charge in [-0.2, -0.15) is 11.8 Å². The molecule has 0 aromatic carbocycles. The highest BCUT2D eigenvalue weighted by Crippen LogP contribution is 2.37. The van der Waals surface area contributed by atoms with Gasteiger partial charge >= 0.3 is 0 Å². The van der Waals surface area contributed by atoms with Crippen LogP contribution in [0.1, 0.15) is 38.5 Å². The number of nitrogens with two attached hydrogens (primary N) is 1. The van der Waals surface area contributed by atoms with Gasteiger partial charge in [0, 0.05) is 6.54 Å².